The van der Waals surface area contributed by atoms with Crippen LogP contribution in [0.1, 0.15) is 129 Å². The lowest BCUT2D eigenvalue weighted by molar-refractivity contribution is -0.346. The third-order valence-corrected chi connectivity index (χ3v) is 14.0. The van der Waals surface area contributed by atoms with Crippen LogP contribution in [0.15, 0.2) is 71.8 Å². The lowest BCUT2D eigenvalue weighted by Gasteiger charge is -2.67. The van der Waals surface area contributed by atoms with Crippen molar-refractivity contribution in [2.24, 2.45) is 16.7 Å². The Hall–Kier alpha value is -5.16. The number of ether oxygens (including phenoxy) is 6. The molecule has 4 N–H and O–H groups in total. The van der Waals surface area contributed by atoms with Gasteiger partial charge in [0.25, 0.3) is 0 Å². The number of fused-ring (bicyclic) bond motifs is 5. The number of benzene rings is 2. The van der Waals surface area contributed by atoms with Gasteiger partial charge in [0, 0.05) is 31.6 Å². The fourth-order valence-corrected chi connectivity index (χ4v) is 10.6. The molecule has 0 radical (unpaired) electrons. The van der Waals surface area contributed by atoms with Gasteiger partial charge in [-0.25, -0.2) is 14.4 Å². The van der Waals surface area contributed by atoms with Crippen LogP contribution in [-0.2, 0) is 47.6 Å². The smallest absolute Gasteiger partial charge is 0.408 e. The largest absolute Gasteiger partial charge is 0.455 e. The van der Waals surface area contributed by atoms with E-state index < -0.39 is 118 Å². The van der Waals surface area contributed by atoms with E-state index >= 15 is 4.79 Å². The number of hydrogen-bond acceptors (Lipinski definition) is 15. The van der Waals surface area contributed by atoms with Crippen molar-refractivity contribution in [3.63, 3.8) is 0 Å². The maximum atomic E-state index is 15.2. The zero-order chi connectivity index (χ0) is 48.6. The van der Waals surface area contributed by atoms with Crippen molar-refractivity contribution in [2.75, 3.05) is 6.61 Å². The summed E-state index contributed by atoms with van der Waals surface area (Å²) in [6, 6.07) is 14.8. The highest BCUT2D eigenvalue weighted by Crippen LogP contribution is 2.64. The van der Waals surface area contributed by atoms with Gasteiger partial charge in [0.15, 0.2) is 11.4 Å². The summed E-state index contributed by atoms with van der Waals surface area (Å²) >= 11 is 0. The molecule has 6 rings (SSSR count). The van der Waals surface area contributed by atoms with Crippen LogP contribution in [-0.4, -0.2) is 111 Å². The first-order chi connectivity index (χ1) is 30.9. The van der Waals surface area contributed by atoms with Gasteiger partial charge in [-0.1, -0.05) is 88.6 Å². The number of nitrogens with one attached hydrogen (secondary N) is 1. The zero-order valence-corrected chi connectivity index (χ0v) is 39.3. The van der Waals surface area contributed by atoms with Crippen molar-refractivity contribution < 1.29 is 72.5 Å². The molecule has 11 atom stereocenters. The Kier molecular flexibility index (Phi) is 14.6. The molecule has 1 heterocycles. The highest BCUT2D eigenvalue weighted by molar-refractivity contribution is 5.94. The molecule has 2 aromatic carbocycles. The molecule has 1 saturated heterocycles. The molecule has 16 heteroatoms. The van der Waals surface area contributed by atoms with E-state index in [2.05, 4.69) is 5.32 Å². The van der Waals surface area contributed by atoms with E-state index in [0.717, 1.165) is 26.2 Å². The van der Waals surface area contributed by atoms with Crippen molar-refractivity contribution in [3.05, 3.63) is 82.9 Å². The maximum absolute atomic E-state index is 15.2. The lowest BCUT2D eigenvalue weighted by Crippen LogP contribution is -2.81. The van der Waals surface area contributed by atoms with Gasteiger partial charge in [-0.15, -0.1) is 0 Å². The molecule has 2 bridgehead atoms. The first kappa shape index (κ1) is 50.3. The SMILES string of the molecule is CCCCCCC(=O)O[C@@H](C(=O)O[C@H]1C[C@@]2(O)[C@@H](OC(=O)c3ccccc3)C3[C@](C)(C(=O)[C@H](O)C(=C1C)C2(C)C)[C@@H](O)C[C@H]1OC[C@@]31OC(C)=O)[C@@H](NC(=O)OC(C)(C)C)c1ccccc1. The number of amides is 1. The van der Waals surface area contributed by atoms with E-state index in [9.17, 15) is 39.3 Å². The van der Waals surface area contributed by atoms with E-state index in [4.69, 9.17) is 28.4 Å². The molecule has 2 aromatic rings. The minimum absolute atomic E-state index is 0.0538. The standard InChI is InChI=1S/C50H65NO15/c1-10-11-12-19-24-35(54)63-39(37(30-20-15-13-16-21-30)51-45(59)66-46(4,5)6)44(58)62-32-26-50(60)42(64-43(57)31-22-17-14-18-23-31)40-48(9,41(56)38(55)36(28(32)2)47(50,7)8)33(53)25-34-49(40,27-61-34)65-29(3)52/h13-18,20-23,32-34,37-40,42,53,55,60H,10-12,19,24-27H2,1-9H3,(H,51,59)/t32-,33-,34+,37-,38+,39+,40?,42-,48+,49-,50+/m0/s1. The molecule has 66 heavy (non-hydrogen) atoms. The van der Waals surface area contributed by atoms with Crippen molar-refractivity contribution in [1.82, 2.24) is 5.32 Å². The summed E-state index contributed by atoms with van der Waals surface area (Å²) in [6.45, 7) is 13.9. The van der Waals surface area contributed by atoms with E-state index in [0.29, 0.717) is 12.0 Å². The molecule has 3 fully saturated rings. The second-order valence-electron chi connectivity index (χ2n) is 19.9. The number of rotatable bonds is 14. The Morgan fingerprint density at radius 3 is 2.14 bits per heavy atom. The fraction of sp³-hybridized carbons (Fsp3) is 0.600. The minimum atomic E-state index is -2.39. The summed E-state index contributed by atoms with van der Waals surface area (Å²) in [7, 11) is 0. The third-order valence-electron chi connectivity index (χ3n) is 14.0. The molecule has 3 aliphatic carbocycles. The molecule has 16 nitrogen and oxygen atoms in total. The van der Waals surface area contributed by atoms with Gasteiger partial charge >= 0.3 is 30.0 Å². The molecule has 1 amide bonds. The average molecular weight is 920 g/mol. The van der Waals surface area contributed by atoms with Crippen LogP contribution >= 0.6 is 0 Å². The highest BCUT2D eigenvalue weighted by Gasteiger charge is 2.78. The number of ketones is 1. The number of hydrogen-bond donors (Lipinski definition) is 4. The summed E-state index contributed by atoms with van der Waals surface area (Å²) in [5, 5.41) is 40.8. The van der Waals surface area contributed by atoms with Crippen LogP contribution in [0.4, 0.5) is 4.79 Å². The van der Waals surface area contributed by atoms with Crippen LogP contribution in [0.25, 0.3) is 0 Å². The molecule has 360 valence electrons. The molecule has 4 aliphatic rings. The number of aliphatic hydroxyl groups is 3. The monoisotopic (exact) mass is 919 g/mol. The molecule has 1 aliphatic heterocycles. The van der Waals surface area contributed by atoms with Crippen molar-refractivity contribution in [3.8, 4) is 0 Å². The number of aliphatic hydroxyl groups excluding tert-OH is 2. The quantitative estimate of drug-likeness (QED) is 0.0762. The number of unbranched alkanes of at least 4 members (excludes halogenated alkanes) is 3. The zero-order valence-electron chi connectivity index (χ0n) is 39.3. The van der Waals surface area contributed by atoms with Crippen LogP contribution in [0.2, 0.25) is 0 Å². The van der Waals surface area contributed by atoms with E-state index in [1.54, 1.807) is 83.1 Å². The summed E-state index contributed by atoms with van der Waals surface area (Å²) in [5.41, 5.74) is -8.31. The molecule has 0 spiro atoms. The fourth-order valence-electron chi connectivity index (χ4n) is 10.6. The van der Waals surface area contributed by atoms with Gasteiger partial charge in [0.2, 0.25) is 6.10 Å². The Labute approximate surface area is 385 Å². The molecular weight excluding hydrogens is 855 g/mol. The Morgan fingerprint density at radius 1 is 0.924 bits per heavy atom. The molecular formula is C50H65NO15. The Balaban J connectivity index is 1.51. The predicted octanol–water partition coefficient (Wildman–Crippen LogP) is 5.78. The van der Waals surface area contributed by atoms with Gasteiger partial charge < -0.3 is 49.1 Å². The van der Waals surface area contributed by atoms with Crippen LogP contribution < -0.4 is 5.32 Å². The molecule has 1 unspecified atom stereocenters. The van der Waals surface area contributed by atoms with Gasteiger partial charge in [0.05, 0.1) is 29.6 Å². The highest BCUT2D eigenvalue weighted by atomic mass is 16.6. The van der Waals surface area contributed by atoms with Crippen LogP contribution in [0.3, 0.4) is 0 Å². The van der Waals surface area contributed by atoms with E-state index in [1.165, 1.54) is 26.0 Å². The topological polar surface area (TPSA) is 231 Å². The number of Topliss-reactive ketones (excluding diaryl/α,β-unsaturated/α-hetero) is 1. The predicted molar refractivity (Wildman–Crippen MR) is 236 cm³/mol. The second-order valence-corrected chi connectivity index (χ2v) is 19.9. The Bertz CT molecular complexity index is 2180. The van der Waals surface area contributed by atoms with E-state index in [-0.39, 0.29) is 36.2 Å². The summed E-state index contributed by atoms with van der Waals surface area (Å²) in [4.78, 5) is 84.5. The van der Waals surface area contributed by atoms with Crippen molar-refractivity contribution in [2.45, 2.75) is 167 Å². The number of esters is 4. The van der Waals surface area contributed by atoms with Crippen LogP contribution in [0, 0.1) is 16.7 Å². The number of carbonyl (C=O) groups excluding carboxylic acids is 6. The molecule has 0 aromatic heterocycles. The van der Waals surface area contributed by atoms with Crippen molar-refractivity contribution >= 4 is 35.8 Å². The normalized spacial score (nSPS) is 30.9. The number of alkyl carbamates (subject to hydrolysis) is 1. The maximum Gasteiger partial charge on any atom is 0.408 e. The second kappa shape index (κ2) is 19.2. The summed E-state index contributed by atoms with van der Waals surface area (Å²) < 4.78 is 36.1. The average Bonchev–Trinajstić information content (AvgIpc) is 3.24. The Morgan fingerprint density at radius 2 is 1.56 bits per heavy atom. The minimum Gasteiger partial charge on any atom is -0.455 e. The summed E-state index contributed by atoms with van der Waals surface area (Å²) in [5.74, 6) is -6.09. The van der Waals surface area contributed by atoms with Gasteiger partial charge in [-0.2, -0.15) is 0 Å². The van der Waals surface area contributed by atoms with Crippen molar-refractivity contribution in [1.29, 1.82) is 0 Å². The van der Waals surface area contributed by atoms with Crippen LogP contribution in [0.5, 0.6) is 0 Å². The van der Waals surface area contributed by atoms with Gasteiger partial charge in [-0.3, -0.25) is 14.4 Å². The molecule has 2 saturated carbocycles. The third kappa shape index (κ3) is 9.38. The van der Waals surface area contributed by atoms with Gasteiger partial charge in [-0.05, 0) is 69.9 Å². The van der Waals surface area contributed by atoms with Gasteiger partial charge in [0.1, 0.15) is 41.7 Å². The van der Waals surface area contributed by atoms with E-state index in [1.807, 2.05) is 6.92 Å². The first-order valence-electron chi connectivity index (χ1n) is 22.8. The first-order valence-corrected chi connectivity index (χ1v) is 22.8. The number of carbonyl (C=O) groups is 6. The summed E-state index contributed by atoms with van der Waals surface area (Å²) in [6.07, 6.45) is -8.56. The lowest BCUT2D eigenvalue weighted by atomic mass is 9.44.